The van der Waals surface area contributed by atoms with Gasteiger partial charge >= 0.3 is 0 Å². The molecule has 1 aliphatic heterocycles. The molecule has 5 heteroatoms. The quantitative estimate of drug-likeness (QED) is 0.444. The third-order valence-corrected chi connectivity index (χ3v) is 3.41. The molecule has 0 aromatic rings. The Kier molecular flexibility index (Phi) is 9.81. The summed E-state index contributed by atoms with van der Waals surface area (Å²) in [6.07, 6.45) is 3.82. The van der Waals surface area contributed by atoms with Gasteiger partial charge in [-0.25, -0.2) is 0 Å². The molecule has 0 radical (unpaired) electrons. The van der Waals surface area contributed by atoms with Gasteiger partial charge in [0.2, 0.25) is 0 Å². The summed E-state index contributed by atoms with van der Waals surface area (Å²) in [5.74, 6) is 1.43. The van der Waals surface area contributed by atoms with Crippen LogP contribution in [-0.4, -0.2) is 43.1 Å². The topological polar surface area (TPSA) is 53.6 Å². The first-order valence-corrected chi connectivity index (χ1v) is 6.90. The standard InChI is InChI=1S/C13H28N4.HI/c1-4-17-9-6-12(7-10-17)5-8-15-13(14)16-11(2)3;/h11-12H,4-10H2,1-3H3,(H3,14,15,16);1H. The van der Waals surface area contributed by atoms with E-state index in [0.29, 0.717) is 12.0 Å². The fourth-order valence-electron chi connectivity index (χ4n) is 2.30. The van der Waals surface area contributed by atoms with Gasteiger partial charge in [-0.2, -0.15) is 0 Å². The van der Waals surface area contributed by atoms with Crippen LogP contribution < -0.4 is 11.1 Å². The molecule has 1 saturated heterocycles. The van der Waals surface area contributed by atoms with Crippen LogP contribution >= 0.6 is 24.0 Å². The number of nitrogens with two attached hydrogens (primary N) is 1. The first-order valence-electron chi connectivity index (χ1n) is 6.90. The lowest BCUT2D eigenvalue weighted by Gasteiger charge is -2.30. The normalized spacial score (nSPS) is 18.8. The molecule has 0 saturated carbocycles. The van der Waals surface area contributed by atoms with Crippen molar-refractivity contribution in [3.8, 4) is 0 Å². The molecule has 1 heterocycles. The molecule has 0 atom stereocenters. The molecule has 0 bridgehead atoms. The van der Waals surface area contributed by atoms with Crippen molar-refractivity contribution in [1.82, 2.24) is 10.2 Å². The maximum absolute atomic E-state index is 5.76. The predicted molar refractivity (Wildman–Crippen MR) is 89.6 cm³/mol. The molecule has 0 unspecified atom stereocenters. The second-order valence-electron chi connectivity index (χ2n) is 5.23. The molecule has 0 aromatic carbocycles. The molecular formula is C13H29IN4. The van der Waals surface area contributed by atoms with Gasteiger partial charge in [0.05, 0.1) is 0 Å². The summed E-state index contributed by atoms with van der Waals surface area (Å²) >= 11 is 0. The van der Waals surface area contributed by atoms with Gasteiger partial charge in [-0.05, 0) is 58.7 Å². The highest BCUT2D eigenvalue weighted by atomic mass is 127. The van der Waals surface area contributed by atoms with Crippen molar-refractivity contribution < 1.29 is 0 Å². The number of piperidine rings is 1. The Balaban J connectivity index is 0.00000289. The molecule has 0 aromatic heterocycles. The van der Waals surface area contributed by atoms with E-state index >= 15 is 0 Å². The summed E-state index contributed by atoms with van der Waals surface area (Å²) in [7, 11) is 0. The van der Waals surface area contributed by atoms with E-state index in [1.54, 1.807) is 0 Å². The average Bonchev–Trinajstić information content (AvgIpc) is 2.29. The van der Waals surface area contributed by atoms with Crippen LogP contribution in [0.2, 0.25) is 0 Å². The van der Waals surface area contributed by atoms with Crippen LogP contribution in [0.4, 0.5) is 0 Å². The Labute approximate surface area is 129 Å². The fraction of sp³-hybridized carbons (Fsp3) is 0.923. The minimum Gasteiger partial charge on any atom is -0.370 e. The third kappa shape index (κ3) is 7.41. The molecule has 1 aliphatic rings. The lowest BCUT2D eigenvalue weighted by Crippen LogP contribution is -2.37. The number of nitrogens with one attached hydrogen (secondary N) is 1. The minimum absolute atomic E-state index is 0. The summed E-state index contributed by atoms with van der Waals surface area (Å²) < 4.78 is 0. The first-order chi connectivity index (χ1) is 8.11. The molecule has 0 amide bonds. The van der Waals surface area contributed by atoms with Crippen molar-refractivity contribution in [3.05, 3.63) is 0 Å². The van der Waals surface area contributed by atoms with Gasteiger partial charge in [0.1, 0.15) is 0 Å². The van der Waals surface area contributed by atoms with Crippen molar-refractivity contribution >= 4 is 29.9 Å². The number of guanidine groups is 1. The van der Waals surface area contributed by atoms with Crippen LogP contribution in [0, 0.1) is 5.92 Å². The summed E-state index contributed by atoms with van der Waals surface area (Å²) in [6.45, 7) is 10.9. The van der Waals surface area contributed by atoms with Gasteiger partial charge in [-0.1, -0.05) is 6.92 Å². The van der Waals surface area contributed by atoms with Crippen molar-refractivity contribution in [2.45, 2.75) is 46.1 Å². The molecule has 0 spiro atoms. The van der Waals surface area contributed by atoms with Gasteiger partial charge < -0.3 is 16.0 Å². The maximum Gasteiger partial charge on any atom is 0.188 e. The monoisotopic (exact) mass is 368 g/mol. The molecular weight excluding hydrogens is 339 g/mol. The highest BCUT2D eigenvalue weighted by Crippen LogP contribution is 2.19. The minimum atomic E-state index is 0. The Morgan fingerprint density at radius 2 is 2.00 bits per heavy atom. The number of nitrogens with zero attached hydrogens (tertiary/aromatic N) is 2. The Morgan fingerprint density at radius 1 is 1.39 bits per heavy atom. The second-order valence-corrected chi connectivity index (χ2v) is 5.23. The SMILES string of the molecule is CCN1CCC(CCN=C(N)NC(C)C)CC1.I. The molecule has 1 fully saturated rings. The van der Waals surface area contributed by atoms with Crippen LogP contribution in [0.25, 0.3) is 0 Å². The number of hydrogen-bond donors (Lipinski definition) is 2. The third-order valence-electron chi connectivity index (χ3n) is 3.41. The zero-order chi connectivity index (χ0) is 12.7. The smallest absolute Gasteiger partial charge is 0.188 e. The summed E-state index contributed by atoms with van der Waals surface area (Å²) in [5, 5.41) is 3.12. The second kappa shape index (κ2) is 9.83. The van der Waals surface area contributed by atoms with Crippen LogP contribution in [0.15, 0.2) is 4.99 Å². The van der Waals surface area contributed by atoms with Gasteiger partial charge in [0.15, 0.2) is 5.96 Å². The van der Waals surface area contributed by atoms with E-state index in [9.17, 15) is 0 Å². The van der Waals surface area contributed by atoms with E-state index in [1.165, 1.54) is 38.9 Å². The van der Waals surface area contributed by atoms with Gasteiger partial charge in [-0.3, -0.25) is 4.99 Å². The van der Waals surface area contributed by atoms with Gasteiger partial charge in [0, 0.05) is 12.6 Å². The summed E-state index contributed by atoms with van der Waals surface area (Å²) in [6, 6.07) is 0.367. The molecule has 0 aliphatic carbocycles. The zero-order valence-corrected chi connectivity index (χ0v) is 14.3. The number of halogens is 1. The van der Waals surface area contributed by atoms with Crippen LogP contribution in [-0.2, 0) is 0 Å². The van der Waals surface area contributed by atoms with Gasteiger partial charge in [0.25, 0.3) is 0 Å². The van der Waals surface area contributed by atoms with Crippen molar-refractivity contribution in [1.29, 1.82) is 0 Å². The number of likely N-dealkylation sites (tertiary alicyclic amines) is 1. The highest BCUT2D eigenvalue weighted by molar-refractivity contribution is 14.0. The van der Waals surface area contributed by atoms with Crippen LogP contribution in [0.1, 0.15) is 40.0 Å². The lowest BCUT2D eigenvalue weighted by molar-refractivity contribution is 0.188. The zero-order valence-electron chi connectivity index (χ0n) is 12.0. The molecule has 108 valence electrons. The Bertz CT molecular complexity index is 235. The summed E-state index contributed by atoms with van der Waals surface area (Å²) in [4.78, 5) is 6.89. The largest absolute Gasteiger partial charge is 0.370 e. The number of aliphatic imine (C=N–C) groups is 1. The van der Waals surface area contributed by atoms with E-state index in [4.69, 9.17) is 5.73 Å². The number of rotatable bonds is 5. The van der Waals surface area contributed by atoms with Crippen molar-refractivity contribution in [3.63, 3.8) is 0 Å². The van der Waals surface area contributed by atoms with E-state index in [1.807, 2.05) is 0 Å². The average molecular weight is 368 g/mol. The van der Waals surface area contributed by atoms with Crippen molar-refractivity contribution in [2.24, 2.45) is 16.6 Å². The summed E-state index contributed by atoms with van der Waals surface area (Å²) in [5.41, 5.74) is 5.76. The number of hydrogen-bond acceptors (Lipinski definition) is 2. The van der Waals surface area contributed by atoms with E-state index in [-0.39, 0.29) is 24.0 Å². The van der Waals surface area contributed by atoms with Crippen molar-refractivity contribution in [2.75, 3.05) is 26.2 Å². The molecule has 3 N–H and O–H groups in total. The Hall–Kier alpha value is -0.0400. The fourth-order valence-corrected chi connectivity index (χ4v) is 2.30. The maximum atomic E-state index is 5.76. The first kappa shape index (κ1) is 18.0. The van der Waals surface area contributed by atoms with E-state index < -0.39 is 0 Å². The lowest BCUT2D eigenvalue weighted by atomic mass is 9.94. The molecule has 4 nitrogen and oxygen atoms in total. The Morgan fingerprint density at radius 3 is 2.50 bits per heavy atom. The van der Waals surface area contributed by atoms with Crippen LogP contribution in [0.3, 0.4) is 0 Å². The van der Waals surface area contributed by atoms with E-state index in [0.717, 1.165) is 12.5 Å². The molecule has 1 rings (SSSR count). The highest BCUT2D eigenvalue weighted by Gasteiger charge is 2.17. The predicted octanol–water partition coefficient (Wildman–Crippen LogP) is 2.04. The van der Waals surface area contributed by atoms with Crippen LogP contribution in [0.5, 0.6) is 0 Å². The van der Waals surface area contributed by atoms with Gasteiger partial charge in [-0.15, -0.1) is 24.0 Å². The molecule has 18 heavy (non-hydrogen) atoms. The van der Waals surface area contributed by atoms with E-state index in [2.05, 4.69) is 36.0 Å².